The molecule has 9 nitrogen and oxygen atoms in total. The molecule has 168 valence electrons. The second-order valence-corrected chi connectivity index (χ2v) is 9.70. The van der Waals surface area contributed by atoms with E-state index in [0.717, 1.165) is 22.5 Å². The largest absolute Gasteiger partial charge is 0.490 e. The van der Waals surface area contributed by atoms with E-state index in [2.05, 4.69) is 9.88 Å². The van der Waals surface area contributed by atoms with Gasteiger partial charge in [-0.1, -0.05) is 29.8 Å². The third-order valence-electron chi connectivity index (χ3n) is 5.46. The number of fused-ring (bicyclic) bond motifs is 1. The average Bonchev–Trinajstić information content (AvgIpc) is 2.79. The summed E-state index contributed by atoms with van der Waals surface area (Å²) in [5, 5.41) is 12.7. The van der Waals surface area contributed by atoms with Crippen molar-refractivity contribution in [1.29, 1.82) is 0 Å². The highest BCUT2D eigenvalue weighted by Gasteiger charge is 2.31. The summed E-state index contributed by atoms with van der Waals surface area (Å²) in [6, 6.07) is 13.4. The van der Waals surface area contributed by atoms with E-state index in [0.29, 0.717) is 24.8 Å². The molecular weight excluding hydrogens is 456 g/mol. The van der Waals surface area contributed by atoms with Crippen molar-refractivity contribution >= 4 is 38.2 Å². The van der Waals surface area contributed by atoms with Gasteiger partial charge in [0.05, 0.1) is 22.4 Å². The summed E-state index contributed by atoms with van der Waals surface area (Å²) in [7, 11) is -2.57. The molecule has 2 aromatic carbocycles. The lowest BCUT2D eigenvalue weighted by Crippen LogP contribution is -2.48. The van der Waals surface area contributed by atoms with Crippen LogP contribution in [-0.4, -0.2) is 60.8 Å². The maximum Gasteiger partial charge on any atom is 0.312 e. The molecule has 0 spiro atoms. The number of nitro groups is 1. The molecule has 3 aromatic rings. The number of methoxy groups -OCH3 is 1. The van der Waals surface area contributed by atoms with Gasteiger partial charge in [-0.15, -0.1) is 0 Å². The molecule has 0 amide bonds. The first kappa shape index (κ1) is 22.4. The molecule has 1 aliphatic heterocycles. The minimum absolute atomic E-state index is 0.0136. The van der Waals surface area contributed by atoms with Gasteiger partial charge < -0.3 is 4.74 Å². The first-order valence-corrected chi connectivity index (χ1v) is 11.7. The minimum atomic E-state index is -3.87. The van der Waals surface area contributed by atoms with Gasteiger partial charge in [-0.2, -0.15) is 4.31 Å². The quantitative estimate of drug-likeness (QED) is 0.305. The smallest absolute Gasteiger partial charge is 0.312 e. The van der Waals surface area contributed by atoms with Crippen LogP contribution < -0.4 is 4.74 Å². The first-order valence-electron chi connectivity index (χ1n) is 9.88. The van der Waals surface area contributed by atoms with Gasteiger partial charge in [0.1, 0.15) is 5.15 Å². The van der Waals surface area contributed by atoms with E-state index in [1.54, 1.807) is 0 Å². The monoisotopic (exact) mass is 476 g/mol. The van der Waals surface area contributed by atoms with Crippen molar-refractivity contribution in [1.82, 2.24) is 14.2 Å². The van der Waals surface area contributed by atoms with Gasteiger partial charge in [0.2, 0.25) is 10.0 Å². The SMILES string of the molecule is COc1ccc(S(=O)(=O)N2CCN(Cc3cc4ccccc4nc3Cl)CC2)cc1[N+](=O)[O-]. The van der Waals surface area contributed by atoms with Crippen LogP contribution in [0.4, 0.5) is 5.69 Å². The number of halogens is 1. The molecule has 0 radical (unpaired) electrons. The number of para-hydroxylation sites is 1. The Bertz CT molecular complexity index is 1280. The van der Waals surface area contributed by atoms with Crippen LogP contribution in [0, 0.1) is 10.1 Å². The summed E-state index contributed by atoms with van der Waals surface area (Å²) in [4.78, 5) is 17.0. The molecule has 0 saturated carbocycles. The summed E-state index contributed by atoms with van der Waals surface area (Å²) in [6.45, 7) is 2.08. The molecule has 1 fully saturated rings. The molecule has 1 aromatic heterocycles. The highest BCUT2D eigenvalue weighted by Crippen LogP contribution is 2.31. The van der Waals surface area contributed by atoms with E-state index >= 15 is 0 Å². The van der Waals surface area contributed by atoms with Crippen molar-refractivity contribution in [2.45, 2.75) is 11.4 Å². The van der Waals surface area contributed by atoms with Crippen LogP contribution >= 0.6 is 11.6 Å². The number of rotatable bonds is 6. The lowest BCUT2D eigenvalue weighted by molar-refractivity contribution is -0.386. The lowest BCUT2D eigenvalue weighted by Gasteiger charge is -2.34. The molecule has 1 aliphatic rings. The minimum Gasteiger partial charge on any atom is -0.490 e. The van der Waals surface area contributed by atoms with E-state index in [1.807, 2.05) is 30.3 Å². The molecule has 2 heterocycles. The number of benzene rings is 2. The van der Waals surface area contributed by atoms with Crippen LogP contribution in [-0.2, 0) is 16.6 Å². The molecule has 4 rings (SSSR count). The second kappa shape index (κ2) is 8.99. The van der Waals surface area contributed by atoms with Crippen molar-refractivity contribution in [3.63, 3.8) is 0 Å². The summed E-state index contributed by atoms with van der Waals surface area (Å²) < 4.78 is 32.4. The lowest BCUT2D eigenvalue weighted by atomic mass is 10.1. The van der Waals surface area contributed by atoms with Crippen molar-refractivity contribution in [3.05, 3.63) is 69.4 Å². The normalized spacial score (nSPS) is 15.7. The number of sulfonamides is 1. The molecule has 0 N–H and O–H groups in total. The fourth-order valence-corrected chi connectivity index (χ4v) is 5.39. The topological polar surface area (TPSA) is 106 Å². The Hall–Kier alpha value is -2.79. The highest BCUT2D eigenvalue weighted by atomic mass is 35.5. The Morgan fingerprint density at radius 1 is 1.12 bits per heavy atom. The Labute approximate surface area is 190 Å². The van der Waals surface area contributed by atoms with E-state index < -0.39 is 14.9 Å². The Morgan fingerprint density at radius 3 is 2.53 bits per heavy atom. The summed E-state index contributed by atoms with van der Waals surface area (Å²) in [5.41, 5.74) is 1.32. The van der Waals surface area contributed by atoms with Gasteiger partial charge in [0.25, 0.3) is 0 Å². The molecule has 0 atom stereocenters. The number of piperazine rings is 1. The van der Waals surface area contributed by atoms with Crippen LogP contribution in [0.5, 0.6) is 5.75 Å². The third-order valence-corrected chi connectivity index (χ3v) is 7.68. The number of nitro benzene ring substituents is 1. The van der Waals surface area contributed by atoms with Crippen LogP contribution in [0.15, 0.2) is 53.4 Å². The standard InChI is InChI=1S/C21H21ClN4O5S/c1-31-20-7-6-17(13-19(20)26(27)28)32(29,30)25-10-8-24(9-11-25)14-16-12-15-4-2-3-5-18(15)23-21(16)22/h2-7,12-13H,8-11,14H2,1H3. The fourth-order valence-electron chi connectivity index (χ4n) is 3.74. The summed E-state index contributed by atoms with van der Waals surface area (Å²) >= 11 is 6.36. The molecule has 32 heavy (non-hydrogen) atoms. The first-order chi connectivity index (χ1) is 15.3. The number of ether oxygens (including phenoxy) is 1. The predicted molar refractivity (Wildman–Crippen MR) is 120 cm³/mol. The van der Waals surface area contributed by atoms with Crippen molar-refractivity contribution in [2.75, 3.05) is 33.3 Å². The van der Waals surface area contributed by atoms with Crippen molar-refractivity contribution in [2.24, 2.45) is 0 Å². The highest BCUT2D eigenvalue weighted by molar-refractivity contribution is 7.89. The predicted octanol–water partition coefficient (Wildman–Crippen LogP) is 3.31. The number of hydrogen-bond donors (Lipinski definition) is 0. The number of hydrogen-bond acceptors (Lipinski definition) is 7. The second-order valence-electron chi connectivity index (χ2n) is 7.40. The van der Waals surface area contributed by atoms with Crippen LogP contribution in [0.1, 0.15) is 5.56 Å². The Kier molecular flexibility index (Phi) is 6.29. The summed E-state index contributed by atoms with van der Waals surface area (Å²) in [5.74, 6) is 0.0136. The zero-order valence-corrected chi connectivity index (χ0v) is 18.8. The van der Waals surface area contributed by atoms with Gasteiger partial charge in [0.15, 0.2) is 5.75 Å². The Balaban J connectivity index is 1.47. The number of aromatic nitrogens is 1. The van der Waals surface area contributed by atoms with Crippen molar-refractivity contribution < 1.29 is 18.1 Å². The third kappa shape index (κ3) is 4.40. The van der Waals surface area contributed by atoms with Crippen molar-refractivity contribution in [3.8, 4) is 5.75 Å². The van der Waals surface area contributed by atoms with Crippen LogP contribution in [0.3, 0.4) is 0 Å². The maximum atomic E-state index is 13.0. The fraction of sp³-hybridized carbons (Fsp3) is 0.286. The van der Waals surface area contributed by atoms with Gasteiger partial charge in [0, 0.05) is 49.7 Å². The maximum absolute atomic E-state index is 13.0. The van der Waals surface area contributed by atoms with Crippen LogP contribution in [0.25, 0.3) is 10.9 Å². The van der Waals surface area contributed by atoms with Gasteiger partial charge in [-0.25, -0.2) is 13.4 Å². The molecule has 0 bridgehead atoms. The average molecular weight is 477 g/mol. The molecule has 0 aliphatic carbocycles. The van der Waals surface area contributed by atoms with Gasteiger partial charge >= 0.3 is 5.69 Å². The Morgan fingerprint density at radius 2 is 1.84 bits per heavy atom. The molecule has 11 heteroatoms. The molecular formula is C21H21ClN4O5S. The number of nitrogens with zero attached hydrogens (tertiary/aromatic N) is 4. The number of pyridine rings is 1. The zero-order chi connectivity index (χ0) is 22.9. The summed E-state index contributed by atoms with van der Waals surface area (Å²) in [6.07, 6.45) is 0. The van der Waals surface area contributed by atoms with Crippen LogP contribution in [0.2, 0.25) is 5.15 Å². The van der Waals surface area contributed by atoms with E-state index in [4.69, 9.17) is 16.3 Å². The van der Waals surface area contributed by atoms with Gasteiger partial charge in [-0.3, -0.25) is 15.0 Å². The van der Waals surface area contributed by atoms with E-state index in [9.17, 15) is 18.5 Å². The van der Waals surface area contributed by atoms with E-state index in [-0.39, 0.29) is 29.4 Å². The van der Waals surface area contributed by atoms with E-state index in [1.165, 1.54) is 23.5 Å². The molecule has 1 saturated heterocycles. The molecule has 0 unspecified atom stereocenters. The zero-order valence-electron chi connectivity index (χ0n) is 17.3. The van der Waals surface area contributed by atoms with Gasteiger partial charge in [-0.05, 0) is 24.3 Å².